The zero-order chi connectivity index (χ0) is 21.5. The Labute approximate surface area is 176 Å². The third kappa shape index (κ3) is 3.49. The highest BCUT2D eigenvalue weighted by Crippen LogP contribution is 2.37. The number of benzene rings is 1. The predicted octanol–water partition coefficient (Wildman–Crippen LogP) is 1.91. The molecule has 2 saturated heterocycles. The molecule has 2 aromatic rings. The molecular formula is C23H28N4O3. The number of pyridine rings is 1. The van der Waals surface area contributed by atoms with Crippen molar-refractivity contribution in [3.05, 3.63) is 64.1 Å². The van der Waals surface area contributed by atoms with Gasteiger partial charge in [-0.05, 0) is 38.8 Å². The van der Waals surface area contributed by atoms with Gasteiger partial charge in [-0.15, -0.1) is 0 Å². The van der Waals surface area contributed by atoms with Crippen LogP contribution in [0, 0.1) is 6.92 Å². The first-order chi connectivity index (χ1) is 14.3. The molecule has 7 heteroatoms. The van der Waals surface area contributed by atoms with Crippen LogP contribution in [0.2, 0.25) is 0 Å². The van der Waals surface area contributed by atoms with Crippen LogP contribution in [0.4, 0.5) is 5.69 Å². The minimum Gasteiger partial charge on any atom is -0.368 e. The molecule has 1 spiro atoms. The summed E-state index contributed by atoms with van der Waals surface area (Å²) in [7, 11) is 0. The van der Waals surface area contributed by atoms with Gasteiger partial charge in [0.2, 0.25) is 11.5 Å². The summed E-state index contributed by atoms with van der Waals surface area (Å²) in [6.07, 6.45) is 2.15. The number of rotatable bonds is 4. The lowest BCUT2D eigenvalue weighted by Crippen LogP contribution is -2.69. The van der Waals surface area contributed by atoms with Crippen molar-refractivity contribution in [3.8, 4) is 0 Å². The zero-order valence-corrected chi connectivity index (χ0v) is 17.7. The van der Waals surface area contributed by atoms with Crippen molar-refractivity contribution in [2.75, 3.05) is 24.5 Å². The molecule has 4 rings (SSSR count). The van der Waals surface area contributed by atoms with Gasteiger partial charge in [0.05, 0.1) is 6.54 Å². The normalized spacial score (nSPS) is 21.9. The number of aromatic amines is 1. The molecule has 158 valence electrons. The molecule has 1 unspecified atom stereocenters. The van der Waals surface area contributed by atoms with Gasteiger partial charge < -0.3 is 19.7 Å². The quantitative estimate of drug-likeness (QED) is 0.839. The maximum atomic E-state index is 13.7. The first kappa shape index (κ1) is 20.2. The van der Waals surface area contributed by atoms with Crippen molar-refractivity contribution < 1.29 is 9.59 Å². The molecule has 1 aromatic heterocycles. The Morgan fingerprint density at radius 1 is 1.10 bits per heavy atom. The highest BCUT2D eigenvalue weighted by molar-refractivity contribution is 5.99. The molecular weight excluding hydrogens is 380 g/mol. The first-order valence-corrected chi connectivity index (χ1v) is 10.4. The fraction of sp³-hybridized carbons (Fsp3) is 0.435. The first-order valence-electron chi connectivity index (χ1n) is 10.4. The minimum atomic E-state index is -0.924. The van der Waals surface area contributed by atoms with Crippen LogP contribution in [0.25, 0.3) is 0 Å². The summed E-state index contributed by atoms with van der Waals surface area (Å²) in [6, 6.07) is 11.4. The number of hydrogen-bond donors (Lipinski definition) is 1. The minimum absolute atomic E-state index is 0.00319. The van der Waals surface area contributed by atoms with Crippen LogP contribution in [0.1, 0.15) is 31.4 Å². The molecule has 1 N–H and O–H groups in total. The number of nitrogens with zero attached hydrogens (tertiary/aromatic N) is 3. The summed E-state index contributed by atoms with van der Waals surface area (Å²) in [5.41, 5.74) is 1.83. The molecule has 3 heterocycles. The average molecular weight is 409 g/mol. The van der Waals surface area contributed by atoms with E-state index < -0.39 is 5.54 Å². The number of nitrogens with one attached hydrogen (secondary N) is 1. The van der Waals surface area contributed by atoms with Crippen molar-refractivity contribution in [3.63, 3.8) is 0 Å². The second-order valence-electron chi connectivity index (χ2n) is 8.61. The van der Waals surface area contributed by atoms with Gasteiger partial charge in [0.1, 0.15) is 12.1 Å². The summed E-state index contributed by atoms with van der Waals surface area (Å²) in [6.45, 7) is 7.41. The largest absolute Gasteiger partial charge is 0.368 e. The lowest BCUT2D eigenvalue weighted by molar-refractivity contribution is -0.166. The van der Waals surface area contributed by atoms with Crippen LogP contribution in [-0.4, -0.2) is 57.8 Å². The lowest BCUT2D eigenvalue weighted by atomic mass is 9.89. The SMILES string of the molecule is Cc1ccc(CN2C(=O)CN(C(C)C)C(=O)C23CCN(c2cc[nH]c(=O)c2)C3)cc1. The third-order valence-electron chi connectivity index (χ3n) is 6.24. The van der Waals surface area contributed by atoms with Crippen LogP contribution in [-0.2, 0) is 16.1 Å². The van der Waals surface area contributed by atoms with E-state index >= 15 is 0 Å². The van der Waals surface area contributed by atoms with Crippen molar-refractivity contribution in [1.82, 2.24) is 14.8 Å². The van der Waals surface area contributed by atoms with E-state index in [0.717, 1.165) is 16.8 Å². The summed E-state index contributed by atoms with van der Waals surface area (Å²) < 4.78 is 0. The molecule has 30 heavy (non-hydrogen) atoms. The Hall–Kier alpha value is -3.09. The molecule has 1 atom stereocenters. The maximum Gasteiger partial charge on any atom is 0.251 e. The maximum absolute atomic E-state index is 13.7. The fourth-order valence-corrected chi connectivity index (χ4v) is 4.50. The third-order valence-corrected chi connectivity index (χ3v) is 6.24. The highest BCUT2D eigenvalue weighted by atomic mass is 16.2. The standard InChI is InChI=1S/C23H28N4O3/c1-16(2)26-14-21(29)27(13-18-6-4-17(3)5-7-18)23(22(26)30)9-11-25(15-23)19-8-10-24-20(28)12-19/h4-8,10,12,16H,9,11,13-15H2,1-3H3,(H,24,28). The Morgan fingerprint density at radius 2 is 1.83 bits per heavy atom. The van der Waals surface area contributed by atoms with E-state index in [1.54, 1.807) is 22.1 Å². The van der Waals surface area contributed by atoms with E-state index in [9.17, 15) is 14.4 Å². The summed E-state index contributed by atoms with van der Waals surface area (Å²) >= 11 is 0. The van der Waals surface area contributed by atoms with Crippen LogP contribution in [0.15, 0.2) is 47.4 Å². The number of piperazine rings is 1. The Morgan fingerprint density at radius 3 is 2.50 bits per heavy atom. The van der Waals surface area contributed by atoms with Crippen molar-refractivity contribution in [2.24, 2.45) is 0 Å². The average Bonchev–Trinajstić information content (AvgIpc) is 3.16. The van der Waals surface area contributed by atoms with E-state index in [2.05, 4.69) is 4.98 Å². The topological polar surface area (TPSA) is 76.7 Å². The van der Waals surface area contributed by atoms with E-state index in [0.29, 0.717) is 26.1 Å². The number of aryl methyl sites for hydroxylation is 1. The molecule has 0 aliphatic carbocycles. The molecule has 2 amide bonds. The number of H-pyrrole nitrogens is 1. The van der Waals surface area contributed by atoms with Gasteiger partial charge in [0, 0.05) is 37.1 Å². The van der Waals surface area contributed by atoms with Crippen LogP contribution < -0.4 is 10.5 Å². The Balaban J connectivity index is 1.70. The van der Waals surface area contributed by atoms with Crippen LogP contribution >= 0.6 is 0 Å². The number of carbonyl (C=O) groups excluding carboxylic acids is 2. The molecule has 2 aliphatic heterocycles. The number of hydrogen-bond acceptors (Lipinski definition) is 4. The smallest absolute Gasteiger partial charge is 0.251 e. The van der Waals surface area contributed by atoms with Crippen LogP contribution in [0.5, 0.6) is 0 Å². The molecule has 0 radical (unpaired) electrons. The predicted molar refractivity (Wildman–Crippen MR) is 115 cm³/mol. The van der Waals surface area contributed by atoms with Gasteiger partial charge in [-0.1, -0.05) is 29.8 Å². The summed E-state index contributed by atoms with van der Waals surface area (Å²) in [5, 5.41) is 0. The summed E-state index contributed by atoms with van der Waals surface area (Å²) in [5.74, 6) is -0.0341. The number of aromatic nitrogens is 1. The van der Waals surface area contributed by atoms with Gasteiger partial charge >= 0.3 is 0 Å². The molecule has 2 aliphatic rings. The fourth-order valence-electron chi connectivity index (χ4n) is 4.50. The highest BCUT2D eigenvalue weighted by Gasteiger charge is 2.56. The molecule has 7 nitrogen and oxygen atoms in total. The number of carbonyl (C=O) groups is 2. The Kier molecular flexibility index (Phi) is 5.13. The van der Waals surface area contributed by atoms with Gasteiger partial charge in [-0.25, -0.2) is 0 Å². The van der Waals surface area contributed by atoms with Gasteiger partial charge in [-0.2, -0.15) is 0 Å². The number of anilines is 1. The molecule has 2 fully saturated rings. The molecule has 0 bridgehead atoms. The van der Waals surface area contributed by atoms with E-state index in [1.165, 1.54) is 0 Å². The van der Waals surface area contributed by atoms with E-state index in [-0.39, 0.29) is 30.0 Å². The van der Waals surface area contributed by atoms with Gasteiger partial charge in [0.25, 0.3) is 5.91 Å². The van der Waals surface area contributed by atoms with E-state index in [4.69, 9.17) is 0 Å². The second kappa shape index (κ2) is 7.63. The second-order valence-corrected chi connectivity index (χ2v) is 8.61. The van der Waals surface area contributed by atoms with Gasteiger partial charge in [-0.3, -0.25) is 14.4 Å². The van der Waals surface area contributed by atoms with Gasteiger partial charge in [0.15, 0.2) is 0 Å². The van der Waals surface area contributed by atoms with Crippen molar-refractivity contribution in [1.29, 1.82) is 0 Å². The van der Waals surface area contributed by atoms with Crippen LogP contribution in [0.3, 0.4) is 0 Å². The van der Waals surface area contributed by atoms with Crippen molar-refractivity contribution in [2.45, 2.75) is 45.3 Å². The van der Waals surface area contributed by atoms with E-state index in [1.807, 2.05) is 56.0 Å². The number of amides is 2. The monoisotopic (exact) mass is 408 g/mol. The lowest BCUT2D eigenvalue weighted by Gasteiger charge is -2.48. The van der Waals surface area contributed by atoms with Crippen molar-refractivity contribution >= 4 is 17.5 Å². The Bertz CT molecular complexity index is 1010. The summed E-state index contributed by atoms with van der Waals surface area (Å²) in [4.78, 5) is 46.8. The zero-order valence-electron chi connectivity index (χ0n) is 17.7. The molecule has 0 saturated carbocycles. The molecule has 1 aromatic carbocycles.